The van der Waals surface area contributed by atoms with Crippen LogP contribution in [0.3, 0.4) is 0 Å². The van der Waals surface area contributed by atoms with E-state index in [1.165, 1.54) is 11.8 Å². The molecule has 1 aromatic carbocycles. The molecule has 2 heterocycles. The van der Waals surface area contributed by atoms with Gasteiger partial charge in [-0.05, 0) is 24.0 Å². The third kappa shape index (κ3) is 3.85. The van der Waals surface area contributed by atoms with E-state index in [1.54, 1.807) is 24.3 Å². The van der Waals surface area contributed by atoms with Crippen LogP contribution in [0.25, 0.3) is 0 Å². The molecule has 1 aliphatic rings. The Morgan fingerprint density at radius 2 is 2.24 bits per heavy atom. The monoisotopic (exact) mass is 378 g/mol. The minimum atomic E-state index is -0.917. The van der Waals surface area contributed by atoms with Crippen LogP contribution in [0.4, 0.5) is 11.5 Å². The Hall–Kier alpha value is -2.32. The van der Waals surface area contributed by atoms with E-state index < -0.39 is 17.4 Å². The number of carbonyl (C=O) groups excluding carboxylic acids is 2. The van der Waals surface area contributed by atoms with Gasteiger partial charge in [-0.3, -0.25) is 14.4 Å². The SMILES string of the molecule is CCSc1nc2c(c(=O)[nH]1)[C@@H](C(=O)Nc1cccc(Cl)c1)CC(=O)N2. The van der Waals surface area contributed by atoms with Gasteiger partial charge in [0.05, 0.1) is 11.5 Å². The Labute approximate surface area is 152 Å². The third-order valence-corrected chi connectivity index (χ3v) is 4.61. The first-order valence-corrected chi connectivity index (χ1v) is 8.97. The predicted molar refractivity (Wildman–Crippen MR) is 97.3 cm³/mol. The van der Waals surface area contributed by atoms with Gasteiger partial charge in [-0.15, -0.1) is 0 Å². The van der Waals surface area contributed by atoms with E-state index in [1.807, 2.05) is 6.92 Å². The summed E-state index contributed by atoms with van der Waals surface area (Å²) in [5.41, 5.74) is 0.236. The number of nitrogens with one attached hydrogen (secondary N) is 3. The summed E-state index contributed by atoms with van der Waals surface area (Å²) in [4.78, 5) is 43.9. The quantitative estimate of drug-likeness (QED) is 0.560. The first-order chi connectivity index (χ1) is 12.0. The van der Waals surface area contributed by atoms with Crippen LogP contribution in [0.5, 0.6) is 0 Å². The summed E-state index contributed by atoms with van der Waals surface area (Å²) in [6, 6.07) is 6.65. The Kier molecular flexibility index (Phi) is 5.10. The molecule has 0 bridgehead atoms. The van der Waals surface area contributed by atoms with E-state index in [0.29, 0.717) is 21.6 Å². The summed E-state index contributed by atoms with van der Waals surface area (Å²) >= 11 is 7.25. The third-order valence-electron chi connectivity index (χ3n) is 3.62. The van der Waals surface area contributed by atoms with Crippen LogP contribution in [-0.4, -0.2) is 27.5 Å². The van der Waals surface area contributed by atoms with Crippen LogP contribution in [0, 0.1) is 0 Å². The van der Waals surface area contributed by atoms with E-state index >= 15 is 0 Å². The van der Waals surface area contributed by atoms with Crippen LogP contribution in [0.2, 0.25) is 5.02 Å². The lowest BCUT2D eigenvalue weighted by Gasteiger charge is -2.23. The summed E-state index contributed by atoms with van der Waals surface area (Å²) in [6.07, 6.45) is -0.121. The van der Waals surface area contributed by atoms with Gasteiger partial charge in [-0.25, -0.2) is 4.98 Å². The Bertz CT molecular complexity index is 899. The first-order valence-electron chi connectivity index (χ1n) is 7.61. The van der Waals surface area contributed by atoms with Crippen LogP contribution < -0.4 is 16.2 Å². The van der Waals surface area contributed by atoms with Crippen molar-refractivity contribution >= 4 is 46.7 Å². The highest BCUT2D eigenvalue weighted by molar-refractivity contribution is 7.99. The molecule has 3 N–H and O–H groups in total. The van der Waals surface area contributed by atoms with Crippen molar-refractivity contribution in [3.05, 3.63) is 45.2 Å². The number of aromatic nitrogens is 2. The van der Waals surface area contributed by atoms with Gasteiger partial charge in [0.25, 0.3) is 5.56 Å². The second-order valence-electron chi connectivity index (χ2n) is 5.37. The molecule has 9 heteroatoms. The zero-order valence-electron chi connectivity index (χ0n) is 13.3. The summed E-state index contributed by atoms with van der Waals surface area (Å²) < 4.78 is 0. The van der Waals surface area contributed by atoms with Gasteiger partial charge in [0.15, 0.2) is 5.16 Å². The number of rotatable bonds is 4. The fourth-order valence-corrected chi connectivity index (χ4v) is 3.36. The van der Waals surface area contributed by atoms with Gasteiger partial charge in [-0.2, -0.15) is 0 Å². The number of fused-ring (bicyclic) bond motifs is 1. The number of hydrogen-bond acceptors (Lipinski definition) is 5. The van der Waals surface area contributed by atoms with Crippen molar-refractivity contribution in [1.82, 2.24) is 9.97 Å². The van der Waals surface area contributed by atoms with Gasteiger partial charge in [0.1, 0.15) is 5.82 Å². The van der Waals surface area contributed by atoms with E-state index in [2.05, 4.69) is 20.6 Å². The minimum Gasteiger partial charge on any atom is -0.325 e. The van der Waals surface area contributed by atoms with Gasteiger partial charge in [0.2, 0.25) is 11.8 Å². The lowest BCUT2D eigenvalue weighted by atomic mass is 9.92. The number of benzene rings is 1. The minimum absolute atomic E-state index is 0.121. The summed E-state index contributed by atoms with van der Waals surface area (Å²) in [5.74, 6) is -0.873. The molecule has 3 rings (SSSR count). The number of carbonyl (C=O) groups is 2. The van der Waals surface area contributed by atoms with Gasteiger partial charge in [0, 0.05) is 17.1 Å². The number of hydrogen-bond donors (Lipinski definition) is 3. The molecular weight excluding hydrogens is 364 g/mol. The fraction of sp³-hybridized carbons (Fsp3) is 0.250. The standard InChI is InChI=1S/C16H15ClN4O3S/c1-2-25-16-20-13-12(15(24)21-16)10(7-11(22)19-13)14(23)18-9-5-3-4-8(17)6-9/h3-6,10H,2,7H2,1H3,(H,18,23)(H2,19,20,21,22,24)/t10-/m0/s1. The number of nitrogens with zero attached hydrogens (tertiary/aromatic N) is 1. The van der Waals surface area contributed by atoms with Crippen LogP contribution in [0.1, 0.15) is 24.8 Å². The molecule has 1 atom stereocenters. The highest BCUT2D eigenvalue weighted by Gasteiger charge is 2.34. The van der Waals surface area contributed by atoms with Crippen molar-refractivity contribution in [3.63, 3.8) is 0 Å². The molecule has 0 saturated carbocycles. The molecule has 25 heavy (non-hydrogen) atoms. The smallest absolute Gasteiger partial charge is 0.257 e. The van der Waals surface area contributed by atoms with Crippen molar-refractivity contribution in [3.8, 4) is 0 Å². The topological polar surface area (TPSA) is 104 Å². The molecule has 0 radical (unpaired) electrons. The number of anilines is 2. The van der Waals surface area contributed by atoms with E-state index in [4.69, 9.17) is 11.6 Å². The summed E-state index contributed by atoms with van der Waals surface area (Å²) in [5, 5.41) is 6.14. The molecule has 1 aliphatic heterocycles. The molecule has 130 valence electrons. The molecular formula is C16H15ClN4O3S. The maximum Gasteiger partial charge on any atom is 0.257 e. The van der Waals surface area contributed by atoms with Crippen molar-refractivity contribution in [2.45, 2.75) is 24.4 Å². The molecule has 0 spiro atoms. The molecule has 1 aromatic heterocycles. The number of H-pyrrole nitrogens is 1. The van der Waals surface area contributed by atoms with Crippen molar-refractivity contribution in [1.29, 1.82) is 0 Å². The maximum absolute atomic E-state index is 12.6. The summed E-state index contributed by atoms with van der Waals surface area (Å²) in [7, 11) is 0. The van der Waals surface area contributed by atoms with Crippen LogP contribution >= 0.6 is 23.4 Å². The number of thioether (sulfide) groups is 1. The summed E-state index contributed by atoms with van der Waals surface area (Å²) in [6.45, 7) is 1.92. The van der Waals surface area contributed by atoms with E-state index in [-0.39, 0.29) is 23.7 Å². The van der Waals surface area contributed by atoms with E-state index in [0.717, 1.165) is 0 Å². The lowest BCUT2D eigenvalue weighted by Crippen LogP contribution is -2.36. The van der Waals surface area contributed by atoms with Gasteiger partial charge >= 0.3 is 0 Å². The average molecular weight is 379 g/mol. The highest BCUT2D eigenvalue weighted by atomic mass is 35.5. The van der Waals surface area contributed by atoms with Crippen molar-refractivity contribution in [2.24, 2.45) is 0 Å². The molecule has 7 nitrogen and oxygen atoms in total. The zero-order chi connectivity index (χ0) is 18.0. The largest absolute Gasteiger partial charge is 0.325 e. The van der Waals surface area contributed by atoms with Crippen molar-refractivity contribution in [2.75, 3.05) is 16.4 Å². The number of halogens is 1. The zero-order valence-corrected chi connectivity index (χ0v) is 14.8. The molecule has 0 fully saturated rings. The second-order valence-corrected chi connectivity index (χ2v) is 7.06. The molecule has 2 amide bonds. The predicted octanol–water partition coefficient (Wildman–Crippen LogP) is 2.60. The number of aromatic amines is 1. The lowest BCUT2D eigenvalue weighted by molar-refractivity contribution is -0.123. The number of amides is 2. The van der Waals surface area contributed by atoms with Gasteiger partial charge < -0.3 is 15.6 Å². The maximum atomic E-state index is 12.6. The second kappa shape index (κ2) is 7.28. The normalized spacial score (nSPS) is 16.1. The molecule has 2 aromatic rings. The highest BCUT2D eigenvalue weighted by Crippen LogP contribution is 2.30. The Morgan fingerprint density at radius 1 is 1.44 bits per heavy atom. The Balaban J connectivity index is 1.94. The first kappa shape index (κ1) is 17.5. The van der Waals surface area contributed by atoms with Gasteiger partial charge in [-0.1, -0.05) is 36.4 Å². The van der Waals surface area contributed by atoms with E-state index in [9.17, 15) is 14.4 Å². The molecule has 0 aliphatic carbocycles. The van der Waals surface area contributed by atoms with Crippen LogP contribution in [0.15, 0.2) is 34.2 Å². The average Bonchev–Trinajstić information content (AvgIpc) is 2.54. The Morgan fingerprint density at radius 3 is 2.96 bits per heavy atom. The molecule has 0 unspecified atom stereocenters. The molecule has 0 saturated heterocycles. The van der Waals surface area contributed by atoms with Crippen LogP contribution in [-0.2, 0) is 9.59 Å². The fourth-order valence-electron chi connectivity index (χ4n) is 2.58. The van der Waals surface area contributed by atoms with Crippen molar-refractivity contribution < 1.29 is 9.59 Å².